The van der Waals surface area contributed by atoms with E-state index >= 15 is 0 Å². The zero-order valence-corrected chi connectivity index (χ0v) is 20.7. The first kappa shape index (κ1) is 25.9. The summed E-state index contributed by atoms with van der Waals surface area (Å²) < 4.78 is 5.44. The van der Waals surface area contributed by atoms with Gasteiger partial charge in [0, 0.05) is 37.7 Å². The molecular formula is C22H34IN5O2. The van der Waals surface area contributed by atoms with Gasteiger partial charge in [-0.2, -0.15) is 0 Å². The third-order valence-corrected chi connectivity index (χ3v) is 4.82. The van der Waals surface area contributed by atoms with Crippen molar-refractivity contribution in [3.05, 3.63) is 52.9 Å². The normalized spacial score (nSPS) is 11.2. The maximum absolute atomic E-state index is 12.1. The average molecular weight is 527 g/mol. The topological polar surface area (TPSA) is 91.5 Å². The number of carbonyl (C=O) groups excluding carboxylic acids is 1. The SMILES string of the molecule is CCCNC(=O)c1cccc(CNC(=NC)NCc2cc(C(CC)CC)no2)c1.I. The molecule has 2 aromatic rings. The van der Waals surface area contributed by atoms with Crippen LogP contribution in [0.2, 0.25) is 0 Å². The molecule has 1 aromatic heterocycles. The van der Waals surface area contributed by atoms with Gasteiger partial charge in [0.05, 0.1) is 12.2 Å². The van der Waals surface area contributed by atoms with E-state index in [1.54, 1.807) is 7.05 Å². The molecule has 7 nitrogen and oxygen atoms in total. The van der Waals surface area contributed by atoms with Crippen molar-refractivity contribution in [2.45, 2.75) is 59.0 Å². The predicted octanol–water partition coefficient (Wildman–Crippen LogP) is 4.20. The molecule has 0 atom stereocenters. The number of carbonyl (C=O) groups is 1. The lowest BCUT2D eigenvalue weighted by Gasteiger charge is -2.11. The minimum Gasteiger partial charge on any atom is -0.359 e. The van der Waals surface area contributed by atoms with Crippen molar-refractivity contribution in [1.82, 2.24) is 21.1 Å². The van der Waals surface area contributed by atoms with Crippen molar-refractivity contribution in [3.63, 3.8) is 0 Å². The largest absolute Gasteiger partial charge is 0.359 e. The molecule has 166 valence electrons. The lowest BCUT2D eigenvalue weighted by atomic mass is 9.99. The van der Waals surface area contributed by atoms with Gasteiger partial charge in [-0.15, -0.1) is 24.0 Å². The van der Waals surface area contributed by atoms with Crippen LogP contribution in [-0.2, 0) is 13.1 Å². The van der Waals surface area contributed by atoms with Gasteiger partial charge in [-0.05, 0) is 37.0 Å². The Hall–Kier alpha value is -2.10. The average Bonchev–Trinajstić information content (AvgIpc) is 3.22. The Kier molecular flexibility index (Phi) is 12.1. The summed E-state index contributed by atoms with van der Waals surface area (Å²) in [5.41, 5.74) is 2.68. The van der Waals surface area contributed by atoms with E-state index in [-0.39, 0.29) is 29.9 Å². The van der Waals surface area contributed by atoms with Gasteiger partial charge in [-0.3, -0.25) is 9.79 Å². The van der Waals surface area contributed by atoms with Crippen LogP contribution in [0.5, 0.6) is 0 Å². The summed E-state index contributed by atoms with van der Waals surface area (Å²) in [5, 5.41) is 13.6. The predicted molar refractivity (Wildman–Crippen MR) is 131 cm³/mol. The second-order valence-electron chi connectivity index (χ2n) is 6.97. The summed E-state index contributed by atoms with van der Waals surface area (Å²) in [6, 6.07) is 9.60. The summed E-state index contributed by atoms with van der Waals surface area (Å²) >= 11 is 0. The van der Waals surface area contributed by atoms with Crippen LogP contribution in [-0.4, -0.2) is 30.6 Å². The highest BCUT2D eigenvalue weighted by atomic mass is 127. The van der Waals surface area contributed by atoms with Crippen LogP contribution in [0, 0.1) is 0 Å². The minimum atomic E-state index is -0.0465. The Balaban J connectivity index is 0.00000450. The first-order valence-corrected chi connectivity index (χ1v) is 10.4. The zero-order valence-electron chi connectivity index (χ0n) is 18.3. The zero-order chi connectivity index (χ0) is 21.1. The maximum atomic E-state index is 12.1. The van der Waals surface area contributed by atoms with Crippen LogP contribution in [0.4, 0.5) is 0 Å². The Morgan fingerprint density at radius 1 is 1.10 bits per heavy atom. The summed E-state index contributed by atoms with van der Waals surface area (Å²) in [4.78, 5) is 16.4. The molecule has 0 aliphatic rings. The molecule has 0 bridgehead atoms. The number of aliphatic imine (C=N–C) groups is 1. The van der Waals surface area contributed by atoms with Crippen molar-refractivity contribution in [2.24, 2.45) is 4.99 Å². The molecular weight excluding hydrogens is 493 g/mol. The fraction of sp³-hybridized carbons (Fsp3) is 0.500. The third-order valence-electron chi connectivity index (χ3n) is 4.82. The Morgan fingerprint density at radius 2 is 1.83 bits per heavy atom. The second kappa shape index (κ2) is 14.0. The Morgan fingerprint density at radius 3 is 2.50 bits per heavy atom. The van der Waals surface area contributed by atoms with E-state index in [1.807, 2.05) is 37.3 Å². The van der Waals surface area contributed by atoms with Gasteiger partial charge in [0.2, 0.25) is 0 Å². The molecule has 0 spiro atoms. The Labute approximate surface area is 196 Å². The summed E-state index contributed by atoms with van der Waals surface area (Å²) in [7, 11) is 1.72. The molecule has 2 rings (SSSR count). The van der Waals surface area contributed by atoms with E-state index in [4.69, 9.17) is 4.52 Å². The van der Waals surface area contributed by atoms with Crippen LogP contribution in [0.1, 0.15) is 73.3 Å². The summed E-state index contributed by atoms with van der Waals surface area (Å²) in [6.07, 6.45) is 3.02. The highest BCUT2D eigenvalue weighted by Crippen LogP contribution is 2.22. The maximum Gasteiger partial charge on any atom is 0.251 e. The van der Waals surface area contributed by atoms with Crippen LogP contribution in [0.15, 0.2) is 39.8 Å². The van der Waals surface area contributed by atoms with Crippen LogP contribution in [0.25, 0.3) is 0 Å². The van der Waals surface area contributed by atoms with Gasteiger partial charge in [-0.1, -0.05) is 38.1 Å². The van der Waals surface area contributed by atoms with Crippen molar-refractivity contribution in [2.75, 3.05) is 13.6 Å². The minimum absolute atomic E-state index is 0. The highest BCUT2D eigenvalue weighted by molar-refractivity contribution is 14.0. The second-order valence-corrected chi connectivity index (χ2v) is 6.97. The van der Waals surface area contributed by atoms with Gasteiger partial charge in [0.15, 0.2) is 11.7 Å². The standard InChI is InChI=1S/C22H33N5O2.HI/c1-5-11-24-21(28)18-10-8-9-16(12-18)14-25-22(23-4)26-15-19-13-20(27-29-19)17(6-2)7-3;/h8-10,12-13,17H,5-7,11,14-15H2,1-4H3,(H,24,28)(H2,23,25,26);1H. The molecule has 0 aliphatic carbocycles. The molecule has 1 heterocycles. The molecule has 30 heavy (non-hydrogen) atoms. The van der Waals surface area contributed by atoms with E-state index in [0.29, 0.717) is 37.1 Å². The van der Waals surface area contributed by atoms with Crippen molar-refractivity contribution in [3.8, 4) is 0 Å². The summed E-state index contributed by atoms with van der Waals surface area (Å²) in [5.74, 6) is 1.83. The smallest absolute Gasteiger partial charge is 0.251 e. The van der Waals surface area contributed by atoms with Crippen LogP contribution >= 0.6 is 24.0 Å². The number of rotatable bonds is 10. The number of hydrogen-bond donors (Lipinski definition) is 3. The number of nitrogens with zero attached hydrogens (tertiary/aromatic N) is 2. The van der Waals surface area contributed by atoms with Gasteiger partial charge >= 0.3 is 0 Å². The molecule has 1 aromatic carbocycles. The number of halogens is 1. The molecule has 0 unspecified atom stereocenters. The van der Waals surface area contributed by atoms with E-state index < -0.39 is 0 Å². The van der Waals surface area contributed by atoms with Crippen LogP contribution < -0.4 is 16.0 Å². The van der Waals surface area contributed by atoms with Gasteiger partial charge in [0.1, 0.15) is 0 Å². The number of amides is 1. The lowest BCUT2D eigenvalue weighted by molar-refractivity contribution is 0.0953. The number of nitrogens with one attached hydrogen (secondary N) is 3. The van der Waals surface area contributed by atoms with E-state index in [2.05, 4.69) is 39.9 Å². The van der Waals surface area contributed by atoms with Crippen molar-refractivity contribution >= 4 is 35.8 Å². The summed E-state index contributed by atoms with van der Waals surface area (Å²) in [6.45, 7) is 8.10. The molecule has 0 aliphatic heterocycles. The van der Waals surface area contributed by atoms with E-state index in [0.717, 1.165) is 36.3 Å². The fourth-order valence-electron chi connectivity index (χ4n) is 3.05. The number of benzene rings is 1. The van der Waals surface area contributed by atoms with E-state index in [1.165, 1.54) is 0 Å². The molecule has 3 N–H and O–H groups in total. The van der Waals surface area contributed by atoms with Crippen molar-refractivity contribution in [1.29, 1.82) is 0 Å². The van der Waals surface area contributed by atoms with E-state index in [9.17, 15) is 4.79 Å². The molecule has 0 saturated heterocycles. The van der Waals surface area contributed by atoms with Crippen molar-refractivity contribution < 1.29 is 9.32 Å². The lowest BCUT2D eigenvalue weighted by Crippen LogP contribution is -2.36. The molecule has 0 radical (unpaired) electrons. The number of hydrogen-bond acceptors (Lipinski definition) is 4. The molecule has 1 amide bonds. The van der Waals surface area contributed by atoms with Gasteiger partial charge in [0.25, 0.3) is 5.91 Å². The molecule has 8 heteroatoms. The quantitative estimate of drug-likeness (QED) is 0.245. The van der Waals surface area contributed by atoms with Gasteiger partial charge in [-0.25, -0.2) is 0 Å². The Bertz CT molecular complexity index is 802. The first-order chi connectivity index (χ1) is 14.1. The van der Waals surface area contributed by atoms with Crippen LogP contribution in [0.3, 0.4) is 0 Å². The number of guanidine groups is 1. The number of aromatic nitrogens is 1. The molecule has 0 fully saturated rings. The highest BCUT2D eigenvalue weighted by Gasteiger charge is 2.13. The fourth-order valence-corrected chi connectivity index (χ4v) is 3.05. The first-order valence-electron chi connectivity index (χ1n) is 10.4. The molecule has 0 saturated carbocycles. The monoisotopic (exact) mass is 527 g/mol. The van der Waals surface area contributed by atoms with Gasteiger partial charge < -0.3 is 20.5 Å². The third kappa shape index (κ3) is 7.97.